The number of hydrogen-bond donors (Lipinski definition) is 3. The summed E-state index contributed by atoms with van der Waals surface area (Å²) in [5.41, 5.74) is -0.313. The molecule has 0 radical (unpaired) electrons. The van der Waals surface area contributed by atoms with Crippen LogP contribution in [-0.2, 0) is 30.8 Å². The number of halogens is 1. The number of benzene rings is 1. The van der Waals surface area contributed by atoms with E-state index in [-0.39, 0.29) is 42.9 Å². The molecule has 4 heterocycles. The Morgan fingerprint density at radius 2 is 1.93 bits per heavy atom. The van der Waals surface area contributed by atoms with Crippen LogP contribution in [0.5, 0.6) is 5.88 Å². The van der Waals surface area contributed by atoms with E-state index in [0.717, 1.165) is 12.8 Å². The SMILES string of the molecule is CCc1nc2ccc(F)cc2nc1O[C@@H]1C[C@H]2C(=O)N[C@]3(C(=O)NS(=O)(=O)C4(C)CC4)C[C@H]3C=CCCCCC[C@H](NC(=O)c3cc(C)on3)C(=O)N2C1. The molecule has 3 aromatic rings. The first-order valence-electron chi connectivity index (χ1n) is 18.4. The highest BCUT2D eigenvalue weighted by Gasteiger charge is 2.63. The van der Waals surface area contributed by atoms with Gasteiger partial charge in [-0.3, -0.25) is 23.9 Å². The van der Waals surface area contributed by atoms with Gasteiger partial charge in [0.2, 0.25) is 27.7 Å². The van der Waals surface area contributed by atoms with Crippen molar-refractivity contribution >= 4 is 44.7 Å². The van der Waals surface area contributed by atoms with Crippen LogP contribution in [0.3, 0.4) is 0 Å². The lowest BCUT2D eigenvalue weighted by molar-refractivity contribution is -0.141. The van der Waals surface area contributed by atoms with E-state index in [2.05, 4.69) is 30.5 Å². The summed E-state index contributed by atoms with van der Waals surface area (Å²) in [5.74, 6) is -3.09. The van der Waals surface area contributed by atoms with Crippen LogP contribution in [0, 0.1) is 18.7 Å². The van der Waals surface area contributed by atoms with E-state index in [1.54, 1.807) is 13.8 Å². The van der Waals surface area contributed by atoms with E-state index in [0.29, 0.717) is 49.1 Å². The first kappa shape index (κ1) is 37.4. The van der Waals surface area contributed by atoms with Crippen molar-refractivity contribution in [3.05, 3.63) is 59.4 Å². The molecule has 1 aromatic carbocycles. The lowest BCUT2D eigenvalue weighted by Crippen LogP contribution is -2.58. The number of aromatic nitrogens is 3. The molecular weight excluding hydrogens is 722 g/mol. The monoisotopic (exact) mass is 765 g/mol. The summed E-state index contributed by atoms with van der Waals surface area (Å²) in [7, 11) is -4.01. The highest BCUT2D eigenvalue weighted by atomic mass is 32.2. The molecule has 4 amide bonds. The number of allylic oxidation sites excluding steroid dienone is 1. The van der Waals surface area contributed by atoms with Crippen LogP contribution in [0.25, 0.3) is 11.0 Å². The number of nitrogens with zero attached hydrogens (tertiary/aromatic N) is 4. The number of ether oxygens (including phenoxy) is 1. The molecule has 2 saturated carbocycles. The summed E-state index contributed by atoms with van der Waals surface area (Å²) in [6, 6.07) is 3.28. The van der Waals surface area contributed by atoms with Gasteiger partial charge in [-0.1, -0.05) is 37.1 Å². The van der Waals surface area contributed by atoms with Crippen molar-refractivity contribution in [2.24, 2.45) is 5.92 Å². The molecule has 0 unspecified atom stereocenters. The number of carbonyl (C=O) groups is 4. The van der Waals surface area contributed by atoms with Gasteiger partial charge in [-0.05, 0) is 70.9 Å². The average Bonchev–Trinajstić information content (AvgIpc) is 3.93. The minimum atomic E-state index is -4.01. The zero-order valence-corrected chi connectivity index (χ0v) is 31.2. The molecule has 5 atom stereocenters. The van der Waals surface area contributed by atoms with Gasteiger partial charge in [-0.25, -0.2) is 22.8 Å². The Kier molecular flexibility index (Phi) is 9.95. The second-order valence-electron chi connectivity index (χ2n) is 15.0. The summed E-state index contributed by atoms with van der Waals surface area (Å²) in [4.78, 5) is 66.4. The van der Waals surface area contributed by atoms with Crippen LogP contribution in [-0.4, -0.2) is 87.1 Å². The molecule has 4 aliphatic rings. The quantitative estimate of drug-likeness (QED) is 0.284. The normalized spacial score (nSPS) is 26.9. The standard InChI is InChI=1S/C37H44FN7O8S/c1-4-25-33(41-28-17-23(38)12-13-26(28)39-25)52-24-18-30-32(47)42-37(35(49)44-54(50,51)36(3)14-15-36)19-22(37)10-8-6-5-7-9-11-27(34(48)45(30)20-24)40-31(46)29-16-21(2)53-43-29/h8,10,12-13,16-17,22,24,27,30H,4-7,9,11,14-15,18-20H2,1-3H3,(H,40,46)(H,42,47)(H,44,49)/t22-,24-,27+,30+,37-/m1/s1. The first-order valence-corrected chi connectivity index (χ1v) is 19.9. The minimum Gasteiger partial charge on any atom is -0.471 e. The highest BCUT2D eigenvalue weighted by Crippen LogP contribution is 2.47. The number of carbonyl (C=O) groups excluding carboxylic acids is 4. The van der Waals surface area contributed by atoms with Crippen LogP contribution in [0.1, 0.15) is 93.6 Å². The molecule has 0 spiro atoms. The lowest BCUT2D eigenvalue weighted by atomic mass is 10.0. The minimum absolute atomic E-state index is 0.000553. The van der Waals surface area contributed by atoms with Gasteiger partial charge in [0, 0.05) is 24.5 Å². The number of nitrogens with one attached hydrogen (secondary N) is 3. The fraction of sp³-hybridized carbons (Fsp3) is 0.541. The van der Waals surface area contributed by atoms with Crippen molar-refractivity contribution in [2.45, 2.75) is 113 Å². The maximum atomic E-state index is 14.5. The Labute approximate surface area is 311 Å². The summed E-state index contributed by atoms with van der Waals surface area (Å²) >= 11 is 0. The maximum Gasteiger partial charge on any atom is 0.274 e. The van der Waals surface area contributed by atoms with Crippen LogP contribution < -0.4 is 20.1 Å². The maximum absolute atomic E-state index is 14.5. The zero-order valence-electron chi connectivity index (χ0n) is 30.4. The molecule has 2 aliphatic heterocycles. The molecule has 1 saturated heterocycles. The fourth-order valence-electron chi connectivity index (χ4n) is 7.18. The van der Waals surface area contributed by atoms with E-state index in [1.807, 2.05) is 19.1 Å². The number of fused-ring (bicyclic) bond motifs is 3. The molecule has 0 bridgehead atoms. The van der Waals surface area contributed by atoms with Gasteiger partial charge in [0.25, 0.3) is 11.8 Å². The second kappa shape index (κ2) is 14.4. The number of sulfonamides is 1. The molecule has 3 fully saturated rings. The van der Waals surface area contributed by atoms with Crippen LogP contribution >= 0.6 is 0 Å². The average molecular weight is 766 g/mol. The van der Waals surface area contributed by atoms with E-state index in [9.17, 15) is 32.0 Å². The van der Waals surface area contributed by atoms with E-state index >= 15 is 0 Å². The molecule has 17 heteroatoms. The van der Waals surface area contributed by atoms with Gasteiger partial charge >= 0.3 is 0 Å². The topological polar surface area (TPSA) is 203 Å². The van der Waals surface area contributed by atoms with Crippen molar-refractivity contribution in [2.75, 3.05) is 6.54 Å². The molecule has 7 rings (SSSR count). The predicted octanol–water partition coefficient (Wildman–Crippen LogP) is 3.17. The zero-order chi connectivity index (χ0) is 38.4. The fourth-order valence-corrected chi connectivity index (χ4v) is 8.49. The molecule has 3 N–H and O–H groups in total. The molecule has 2 aliphatic carbocycles. The molecule has 54 heavy (non-hydrogen) atoms. The Hall–Kier alpha value is -4.93. The van der Waals surface area contributed by atoms with Gasteiger partial charge in [0.1, 0.15) is 41.0 Å². The van der Waals surface area contributed by atoms with Crippen LogP contribution in [0.15, 0.2) is 40.9 Å². The Balaban J connectivity index is 1.21. The van der Waals surface area contributed by atoms with E-state index < -0.39 is 73.9 Å². The van der Waals surface area contributed by atoms with Gasteiger partial charge in [0.05, 0.1) is 22.3 Å². The number of hydrogen-bond acceptors (Lipinski definition) is 11. The predicted molar refractivity (Wildman–Crippen MR) is 192 cm³/mol. The summed E-state index contributed by atoms with van der Waals surface area (Å²) in [6.07, 6.45) is 7.40. The largest absolute Gasteiger partial charge is 0.471 e. The Bertz CT molecular complexity index is 2140. The van der Waals surface area contributed by atoms with Crippen LogP contribution in [0.4, 0.5) is 4.39 Å². The third kappa shape index (κ3) is 7.42. The van der Waals surface area contributed by atoms with E-state index in [1.165, 1.54) is 29.2 Å². The van der Waals surface area contributed by atoms with Gasteiger partial charge in [-0.2, -0.15) is 0 Å². The second-order valence-corrected chi connectivity index (χ2v) is 17.2. The number of rotatable bonds is 8. The Morgan fingerprint density at radius 1 is 1.13 bits per heavy atom. The summed E-state index contributed by atoms with van der Waals surface area (Å²) in [6.45, 7) is 4.98. The number of amides is 4. The molecule has 2 aromatic heterocycles. The van der Waals surface area contributed by atoms with E-state index in [4.69, 9.17) is 9.26 Å². The molecule has 288 valence electrons. The highest BCUT2D eigenvalue weighted by molar-refractivity contribution is 7.91. The summed E-state index contributed by atoms with van der Waals surface area (Å²) < 4.78 is 53.0. The van der Waals surface area contributed by atoms with Gasteiger partial charge < -0.3 is 24.8 Å². The van der Waals surface area contributed by atoms with Gasteiger partial charge in [0.15, 0.2) is 5.69 Å². The van der Waals surface area contributed by atoms with Crippen molar-refractivity contribution in [1.29, 1.82) is 0 Å². The molecule has 15 nitrogen and oxygen atoms in total. The lowest BCUT2D eigenvalue weighted by Gasteiger charge is -2.30. The third-order valence-electron chi connectivity index (χ3n) is 10.9. The third-order valence-corrected chi connectivity index (χ3v) is 13.1. The van der Waals surface area contributed by atoms with Crippen molar-refractivity contribution in [3.8, 4) is 5.88 Å². The Morgan fingerprint density at radius 3 is 2.65 bits per heavy atom. The van der Waals surface area contributed by atoms with Crippen molar-refractivity contribution in [1.82, 2.24) is 35.4 Å². The smallest absolute Gasteiger partial charge is 0.274 e. The van der Waals surface area contributed by atoms with Crippen molar-refractivity contribution in [3.63, 3.8) is 0 Å². The summed E-state index contributed by atoms with van der Waals surface area (Å²) in [5, 5.41) is 9.42. The van der Waals surface area contributed by atoms with Gasteiger partial charge in [-0.15, -0.1) is 0 Å². The van der Waals surface area contributed by atoms with Crippen LogP contribution in [0.2, 0.25) is 0 Å². The molecular formula is C37H44FN7O8S. The number of aryl methyl sites for hydroxylation is 2. The first-order chi connectivity index (χ1) is 25.7. The van der Waals surface area contributed by atoms with Crippen molar-refractivity contribution < 1.29 is 41.2 Å².